The van der Waals surface area contributed by atoms with E-state index in [9.17, 15) is 9.00 Å². The Hall–Kier alpha value is -1.56. The number of fused-ring (bicyclic) bond motifs is 1. The van der Waals surface area contributed by atoms with Crippen molar-refractivity contribution in [2.24, 2.45) is 0 Å². The van der Waals surface area contributed by atoms with Gasteiger partial charge in [-0.3, -0.25) is 9.00 Å². The summed E-state index contributed by atoms with van der Waals surface area (Å²) in [6, 6.07) is 7.19. The van der Waals surface area contributed by atoms with Crippen LogP contribution in [0.5, 0.6) is 11.5 Å². The molecule has 1 heterocycles. The molecule has 0 N–H and O–H groups in total. The van der Waals surface area contributed by atoms with Crippen LogP contribution in [0.2, 0.25) is 0 Å². The molecule has 0 saturated carbocycles. The SMILES string of the molecule is CC1Oc2ccccc2OC1C(=O)N(C)C(C)CS(C)=O. The second-order valence-electron chi connectivity index (χ2n) is 5.35. The largest absolute Gasteiger partial charge is 0.482 e. The summed E-state index contributed by atoms with van der Waals surface area (Å²) in [6.07, 6.45) is 0.584. The molecule has 0 spiro atoms. The summed E-state index contributed by atoms with van der Waals surface area (Å²) in [5, 5.41) is 0. The fourth-order valence-electron chi connectivity index (χ4n) is 2.26. The maximum Gasteiger partial charge on any atom is 0.267 e. The quantitative estimate of drug-likeness (QED) is 0.844. The van der Waals surface area contributed by atoms with E-state index in [0.717, 1.165) is 0 Å². The predicted molar refractivity (Wildman–Crippen MR) is 82.1 cm³/mol. The fraction of sp³-hybridized carbons (Fsp3) is 0.533. The van der Waals surface area contributed by atoms with Crippen LogP contribution in [0, 0.1) is 0 Å². The zero-order valence-corrected chi connectivity index (χ0v) is 13.6. The second-order valence-corrected chi connectivity index (χ2v) is 6.83. The summed E-state index contributed by atoms with van der Waals surface area (Å²) in [7, 11) is 0.756. The van der Waals surface area contributed by atoms with E-state index in [-0.39, 0.29) is 18.1 Å². The molecule has 1 aliphatic rings. The Labute approximate surface area is 127 Å². The summed E-state index contributed by atoms with van der Waals surface area (Å²) >= 11 is 0. The number of benzene rings is 1. The fourth-order valence-corrected chi connectivity index (χ4v) is 3.16. The minimum absolute atomic E-state index is 0.115. The molecule has 6 heteroatoms. The summed E-state index contributed by atoms with van der Waals surface area (Å²) in [5.74, 6) is 1.52. The number of ether oxygens (including phenoxy) is 2. The average Bonchev–Trinajstić information content (AvgIpc) is 2.44. The van der Waals surface area contributed by atoms with Gasteiger partial charge in [0.2, 0.25) is 6.10 Å². The van der Waals surface area contributed by atoms with Crippen LogP contribution < -0.4 is 9.47 Å². The van der Waals surface area contributed by atoms with Crippen molar-refractivity contribution >= 4 is 16.7 Å². The van der Waals surface area contributed by atoms with Gasteiger partial charge in [0.15, 0.2) is 11.5 Å². The van der Waals surface area contributed by atoms with Crippen LogP contribution in [0.4, 0.5) is 0 Å². The van der Waals surface area contributed by atoms with Gasteiger partial charge in [-0.2, -0.15) is 0 Å². The van der Waals surface area contributed by atoms with Gasteiger partial charge in [-0.05, 0) is 26.0 Å². The minimum atomic E-state index is -0.949. The monoisotopic (exact) mass is 311 g/mol. The van der Waals surface area contributed by atoms with Crippen molar-refractivity contribution in [2.45, 2.75) is 32.1 Å². The molecular formula is C15H21NO4S. The van der Waals surface area contributed by atoms with Gasteiger partial charge in [0, 0.05) is 35.9 Å². The lowest BCUT2D eigenvalue weighted by Gasteiger charge is -2.35. The molecular weight excluding hydrogens is 290 g/mol. The molecule has 1 aromatic rings. The third-order valence-corrected chi connectivity index (χ3v) is 4.52. The van der Waals surface area contributed by atoms with E-state index in [1.807, 2.05) is 32.0 Å². The normalized spacial score (nSPS) is 23.2. The Morgan fingerprint density at radius 1 is 1.33 bits per heavy atom. The molecule has 4 unspecified atom stereocenters. The summed E-state index contributed by atoms with van der Waals surface area (Å²) in [4.78, 5) is 14.1. The number of carbonyl (C=O) groups is 1. The number of nitrogens with zero attached hydrogens (tertiary/aromatic N) is 1. The number of carbonyl (C=O) groups excluding carboxylic acids is 1. The number of likely N-dealkylation sites (N-methyl/N-ethyl adjacent to an activating group) is 1. The van der Waals surface area contributed by atoms with Crippen LogP contribution in [0.3, 0.4) is 0 Å². The Morgan fingerprint density at radius 3 is 2.48 bits per heavy atom. The number of rotatable bonds is 4. The topological polar surface area (TPSA) is 55.8 Å². The molecule has 0 bridgehead atoms. The van der Waals surface area contributed by atoms with Crippen molar-refractivity contribution in [3.05, 3.63) is 24.3 Å². The number of amides is 1. The molecule has 1 aromatic carbocycles. The van der Waals surface area contributed by atoms with Gasteiger partial charge in [0.05, 0.1) is 0 Å². The van der Waals surface area contributed by atoms with E-state index < -0.39 is 16.9 Å². The Balaban J connectivity index is 2.11. The van der Waals surface area contributed by atoms with E-state index in [4.69, 9.17) is 9.47 Å². The molecule has 116 valence electrons. The first-order valence-electron chi connectivity index (χ1n) is 6.89. The number of para-hydroxylation sites is 2. The molecule has 0 saturated heterocycles. The third kappa shape index (κ3) is 3.56. The number of hydrogen-bond donors (Lipinski definition) is 0. The Kier molecular flexibility index (Phi) is 4.88. The standard InChI is InChI=1S/C15H21NO4S/c1-10(9-21(4)18)16(3)15(17)14-11(2)19-12-7-5-6-8-13(12)20-14/h5-8,10-11,14H,9H2,1-4H3. The van der Waals surface area contributed by atoms with E-state index in [2.05, 4.69) is 0 Å². The molecule has 0 fully saturated rings. The predicted octanol–water partition coefficient (Wildman–Crippen LogP) is 1.44. The van der Waals surface area contributed by atoms with Gasteiger partial charge in [-0.15, -0.1) is 0 Å². The molecule has 21 heavy (non-hydrogen) atoms. The first-order chi connectivity index (χ1) is 9.90. The van der Waals surface area contributed by atoms with Gasteiger partial charge in [0.1, 0.15) is 6.10 Å². The van der Waals surface area contributed by atoms with E-state index >= 15 is 0 Å². The van der Waals surface area contributed by atoms with Crippen LogP contribution >= 0.6 is 0 Å². The van der Waals surface area contributed by atoms with Crippen LogP contribution in [0.15, 0.2) is 24.3 Å². The highest BCUT2D eigenvalue weighted by Gasteiger charge is 2.36. The van der Waals surface area contributed by atoms with Crippen molar-refractivity contribution in [1.29, 1.82) is 0 Å². The highest BCUT2D eigenvalue weighted by molar-refractivity contribution is 7.84. The molecule has 1 amide bonds. The van der Waals surface area contributed by atoms with Crippen LogP contribution in [-0.2, 0) is 15.6 Å². The highest BCUT2D eigenvalue weighted by Crippen LogP contribution is 2.33. The van der Waals surface area contributed by atoms with Crippen molar-refractivity contribution in [3.8, 4) is 11.5 Å². The summed E-state index contributed by atoms with van der Waals surface area (Å²) in [6.45, 7) is 3.69. The van der Waals surface area contributed by atoms with Gasteiger partial charge in [-0.1, -0.05) is 12.1 Å². The average molecular weight is 311 g/mol. The molecule has 2 rings (SSSR count). The van der Waals surface area contributed by atoms with E-state index in [0.29, 0.717) is 17.3 Å². The maximum atomic E-state index is 12.6. The lowest BCUT2D eigenvalue weighted by Crippen LogP contribution is -2.52. The van der Waals surface area contributed by atoms with Gasteiger partial charge in [0.25, 0.3) is 5.91 Å². The zero-order chi connectivity index (χ0) is 15.6. The molecule has 0 aliphatic carbocycles. The van der Waals surface area contributed by atoms with Crippen molar-refractivity contribution in [3.63, 3.8) is 0 Å². The van der Waals surface area contributed by atoms with Gasteiger partial charge >= 0.3 is 0 Å². The smallest absolute Gasteiger partial charge is 0.267 e. The highest BCUT2D eigenvalue weighted by atomic mass is 32.2. The zero-order valence-electron chi connectivity index (χ0n) is 12.7. The lowest BCUT2D eigenvalue weighted by atomic mass is 10.1. The van der Waals surface area contributed by atoms with Crippen molar-refractivity contribution < 1.29 is 18.5 Å². The van der Waals surface area contributed by atoms with E-state index in [1.54, 1.807) is 24.3 Å². The van der Waals surface area contributed by atoms with E-state index in [1.165, 1.54) is 0 Å². The van der Waals surface area contributed by atoms with Crippen LogP contribution in [-0.4, -0.2) is 52.3 Å². The van der Waals surface area contributed by atoms with Crippen molar-refractivity contribution in [1.82, 2.24) is 4.90 Å². The molecule has 0 aromatic heterocycles. The second kappa shape index (κ2) is 6.47. The Morgan fingerprint density at radius 2 is 1.90 bits per heavy atom. The molecule has 4 atom stereocenters. The van der Waals surface area contributed by atoms with Crippen molar-refractivity contribution in [2.75, 3.05) is 19.1 Å². The molecule has 5 nitrogen and oxygen atoms in total. The third-order valence-electron chi connectivity index (χ3n) is 3.57. The minimum Gasteiger partial charge on any atom is -0.482 e. The van der Waals surface area contributed by atoms with Gasteiger partial charge in [-0.25, -0.2) is 0 Å². The lowest BCUT2D eigenvalue weighted by molar-refractivity contribution is -0.144. The van der Waals surface area contributed by atoms with Crippen LogP contribution in [0.1, 0.15) is 13.8 Å². The first kappa shape index (κ1) is 15.8. The van der Waals surface area contributed by atoms with Gasteiger partial charge < -0.3 is 14.4 Å². The molecule has 0 radical (unpaired) electrons. The summed E-state index contributed by atoms with van der Waals surface area (Å²) in [5.41, 5.74) is 0. The molecule has 1 aliphatic heterocycles. The van der Waals surface area contributed by atoms with Crippen LogP contribution in [0.25, 0.3) is 0 Å². The number of hydrogen-bond acceptors (Lipinski definition) is 4. The first-order valence-corrected chi connectivity index (χ1v) is 8.62. The Bertz CT molecular complexity index is 548. The summed E-state index contributed by atoms with van der Waals surface area (Å²) < 4.78 is 22.8. The maximum absolute atomic E-state index is 12.6.